The number of amides is 2. The van der Waals surface area contributed by atoms with Crippen molar-refractivity contribution in [1.82, 2.24) is 34.7 Å². The molecule has 5 rings (SSSR count). The van der Waals surface area contributed by atoms with E-state index in [1.807, 2.05) is 17.3 Å². The predicted molar refractivity (Wildman–Crippen MR) is 144 cm³/mol. The third-order valence-corrected chi connectivity index (χ3v) is 6.86. The van der Waals surface area contributed by atoms with Crippen LogP contribution in [-0.2, 0) is 4.74 Å². The van der Waals surface area contributed by atoms with Gasteiger partial charge in [0.25, 0.3) is 0 Å². The number of rotatable bonds is 8. The number of hydrogen-bond acceptors (Lipinski definition) is 9. The molecule has 3 aromatic heterocycles. The number of methoxy groups -OCH3 is 1. The molecule has 0 spiro atoms. The fourth-order valence-electron chi connectivity index (χ4n) is 4.78. The van der Waals surface area contributed by atoms with Crippen molar-refractivity contribution >= 4 is 40.5 Å². The van der Waals surface area contributed by atoms with Crippen LogP contribution >= 0.6 is 0 Å². The van der Waals surface area contributed by atoms with E-state index in [-0.39, 0.29) is 6.03 Å². The van der Waals surface area contributed by atoms with Gasteiger partial charge in [0.2, 0.25) is 5.95 Å². The number of piperazine rings is 1. The van der Waals surface area contributed by atoms with Crippen LogP contribution < -0.4 is 20.4 Å². The van der Waals surface area contributed by atoms with Gasteiger partial charge < -0.3 is 34.6 Å². The van der Waals surface area contributed by atoms with E-state index in [1.54, 1.807) is 13.3 Å². The molecule has 12 heteroatoms. The largest absolute Gasteiger partial charge is 0.383 e. The van der Waals surface area contributed by atoms with Crippen molar-refractivity contribution in [2.24, 2.45) is 0 Å². The van der Waals surface area contributed by atoms with Gasteiger partial charge in [0.1, 0.15) is 23.0 Å². The van der Waals surface area contributed by atoms with Gasteiger partial charge in [-0.3, -0.25) is 0 Å². The zero-order valence-electron chi connectivity index (χ0n) is 21.9. The molecule has 0 unspecified atom stereocenters. The first-order chi connectivity index (χ1) is 18.0. The van der Waals surface area contributed by atoms with E-state index in [9.17, 15) is 4.79 Å². The second-order valence-corrected chi connectivity index (χ2v) is 9.73. The van der Waals surface area contributed by atoms with Crippen molar-refractivity contribution in [2.75, 3.05) is 74.6 Å². The summed E-state index contributed by atoms with van der Waals surface area (Å²) in [6.45, 7) is 9.91. The topological polar surface area (TPSA) is 117 Å². The fourth-order valence-corrected chi connectivity index (χ4v) is 4.78. The maximum Gasteiger partial charge on any atom is 0.317 e. The number of ether oxygens (including phenoxy) is 1. The lowest BCUT2D eigenvalue weighted by Gasteiger charge is -2.35. The minimum Gasteiger partial charge on any atom is -0.383 e. The number of carbonyl (C=O) groups is 1. The molecule has 0 radical (unpaired) electrons. The SMILES string of the molecule is COCCNC(=O)N1CCN(c2cc(N3CCCC3)nc(Nc3cc4c(cn3)ncn4C(C)C)n2)CC1. The van der Waals surface area contributed by atoms with Crippen LogP contribution in [0.5, 0.6) is 0 Å². The first kappa shape index (κ1) is 25.0. The van der Waals surface area contributed by atoms with Gasteiger partial charge in [-0.15, -0.1) is 0 Å². The highest BCUT2D eigenvalue weighted by atomic mass is 16.5. The summed E-state index contributed by atoms with van der Waals surface area (Å²) in [5, 5.41) is 6.24. The predicted octanol–water partition coefficient (Wildman–Crippen LogP) is 2.62. The number of nitrogens with one attached hydrogen (secondary N) is 2. The Kier molecular flexibility index (Phi) is 7.54. The highest BCUT2D eigenvalue weighted by Crippen LogP contribution is 2.27. The van der Waals surface area contributed by atoms with Crippen molar-refractivity contribution in [3.8, 4) is 0 Å². The van der Waals surface area contributed by atoms with Crippen molar-refractivity contribution in [3.05, 3.63) is 24.7 Å². The lowest BCUT2D eigenvalue weighted by atomic mass is 10.3. The summed E-state index contributed by atoms with van der Waals surface area (Å²) in [6.07, 6.45) is 5.95. The molecule has 5 heterocycles. The van der Waals surface area contributed by atoms with E-state index in [0.29, 0.717) is 57.1 Å². The Bertz CT molecular complexity index is 1220. The van der Waals surface area contributed by atoms with Crippen LogP contribution in [0, 0.1) is 0 Å². The Morgan fingerprint density at radius 3 is 2.38 bits per heavy atom. The number of imidazole rings is 1. The molecule has 2 saturated heterocycles. The second-order valence-electron chi connectivity index (χ2n) is 9.73. The minimum absolute atomic E-state index is 0.0541. The number of nitrogens with zero attached hydrogens (tertiary/aromatic N) is 8. The first-order valence-electron chi connectivity index (χ1n) is 13.0. The molecule has 2 N–H and O–H groups in total. The van der Waals surface area contributed by atoms with Crippen LogP contribution in [0.15, 0.2) is 24.7 Å². The van der Waals surface area contributed by atoms with E-state index in [4.69, 9.17) is 14.7 Å². The highest BCUT2D eigenvalue weighted by molar-refractivity contribution is 5.78. The molecule has 0 atom stereocenters. The smallest absolute Gasteiger partial charge is 0.317 e. The van der Waals surface area contributed by atoms with Gasteiger partial charge in [0, 0.05) is 71.1 Å². The van der Waals surface area contributed by atoms with Crippen LogP contribution in [0.2, 0.25) is 0 Å². The van der Waals surface area contributed by atoms with Gasteiger partial charge in [-0.05, 0) is 26.7 Å². The molecule has 198 valence electrons. The van der Waals surface area contributed by atoms with Gasteiger partial charge in [0.05, 0.1) is 24.6 Å². The van der Waals surface area contributed by atoms with E-state index < -0.39 is 0 Å². The molecule has 0 saturated carbocycles. The van der Waals surface area contributed by atoms with E-state index >= 15 is 0 Å². The number of hydrogen-bond donors (Lipinski definition) is 2. The summed E-state index contributed by atoms with van der Waals surface area (Å²) >= 11 is 0. The molecular formula is C25H36N10O2. The molecule has 37 heavy (non-hydrogen) atoms. The molecule has 2 amide bonds. The van der Waals surface area contributed by atoms with Crippen LogP contribution in [0.4, 0.5) is 28.2 Å². The molecule has 0 bridgehead atoms. The monoisotopic (exact) mass is 508 g/mol. The van der Waals surface area contributed by atoms with E-state index in [0.717, 1.165) is 48.6 Å². The standard InChI is InChI=1S/C25H36N10O2/c1-18(2)35-17-28-19-16-27-21(14-20(19)35)29-24-30-22(32-7-4-5-8-32)15-23(31-24)33-9-11-34(12-10-33)25(36)26-6-13-37-3/h14-18H,4-13H2,1-3H3,(H,26,36)(H,27,29,30,31). The van der Waals surface area contributed by atoms with Crippen molar-refractivity contribution in [3.63, 3.8) is 0 Å². The van der Waals surface area contributed by atoms with Gasteiger partial charge in [-0.25, -0.2) is 14.8 Å². The van der Waals surface area contributed by atoms with Crippen molar-refractivity contribution in [1.29, 1.82) is 0 Å². The zero-order valence-corrected chi connectivity index (χ0v) is 21.9. The molecule has 0 aromatic carbocycles. The maximum absolute atomic E-state index is 12.4. The van der Waals surface area contributed by atoms with Gasteiger partial charge >= 0.3 is 6.03 Å². The van der Waals surface area contributed by atoms with E-state index in [1.165, 1.54) is 0 Å². The van der Waals surface area contributed by atoms with Crippen molar-refractivity contribution in [2.45, 2.75) is 32.7 Å². The maximum atomic E-state index is 12.4. The molecule has 2 aliphatic rings. The number of urea groups is 1. The fraction of sp³-hybridized carbons (Fsp3) is 0.560. The Balaban J connectivity index is 1.35. The molecular weight excluding hydrogens is 472 g/mol. The van der Waals surface area contributed by atoms with Gasteiger partial charge in [0.15, 0.2) is 0 Å². The molecule has 2 fully saturated rings. The van der Waals surface area contributed by atoms with Crippen LogP contribution in [0.25, 0.3) is 11.0 Å². The first-order valence-corrected chi connectivity index (χ1v) is 13.0. The van der Waals surface area contributed by atoms with Gasteiger partial charge in [-0.2, -0.15) is 9.97 Å². The van der Waals surface area contributed by atoms with Crippen molar-refractivity contribution < 1.29 is 9.53 Å². The Morgan fingerprint density at radius 2 is 1.70 bits per heavy atom. The quantitative estimate of drug-likeness (QED) is 0.443. The molecule has 12 nitrogen and oxygen atoms in total. The lowest BCUT2D eigenvalue weighted by Crippen LogP contribution is -2.52. The number of carbonyl (C=O) groups excluding carboxylic acids is 1. The Morgan fingerprint density at radius 1 is 1.00 bits per heavy atom. The minimum atomic E-state index is -0.0541. The summed E-state index contributed by atoms with van der Waals surface area (Å²) in [7, 11) is 1.63. The second kappa shape index (κ2) is 11.2. The third-order valence-electron chi connectivity index (χ3n) is 6.86. The molecule has 0 aliphatic carbocycles. The normalized spacial score (nSPS) is 16.2. The Labute approximate surface area is 217 Å². The van der Waals surface area contributed by atoms with Gasteiger partial charge in [-0.1, -0.05) is 0 Å². The number of anilines is 4. The average Bonchev–Trinajstić information content (AvgIpc) is 3.59. The average molecular weight is 509 g/mol. The Hall–Kier alpha value is -3.67. The lowest BCUT2D eigenvalue weighted by molar-refractivity contribution is 0.177. The number of fused-ring (bicyclic) bond motifs is 1. The summed E-state index contributed by atoms with van der Waals surface area (Å²) in [4.78, 5) is 37.5. The summed E-state index contributed by atoms with van der Waals surface area (Å²) in [6, 6.07) is 4.30. The van der Waals surface area contributed by atoms with E-state index in [2.05, 4.69) is 54.9 Å². The third kappa shape index (κ3) is 5.68. The number of pyridine rings is 1. The number of aromatic nitrogens is 5. The molecule has 3 aromatic rings. The zero-order chi connectivity index (χ0) is 25.8. The summed E-state index contributed by atoms with van der Waals surface area (Å²) in [5.74, 6) is 2.96. The summed E-state index contributed by atoms with van der Waals surface area (Å²) in [5.41, 5.74) is 1.87. The van der Waals surface area contributed by atoms with Crippen LogP contribution in [-0.4, -0.2) is 95.0 Å². The van der Waals surface area contributed by atoms with Crippen LogP contribution in [0.1, 0.15) is 32.7 Å². The molecule has 2 aliphatic heterocycles. The van der Waals surface area contributed by atoms with Crippen LogP contribution in [0.3, 0.4) is 0 Å². The highest BCUT2D eigenvalue weighted by Gasteiger charge is 2.24. The summed E-state index contributed by atoms with van der Waals surface area (Å²) < 4.78 is 7.15.